The monoisotopic (exact) mass is 485 g/mol. The highest BCUT2D eigenvalue weighted by Crippen LogP contribution is 2.41. The molecule has 8 heteroatoms. The van der Waals surface area contributed by atoms with E-state index in [0.717, 1.165) is 16.7 Å². The lowest BCUT2D eigenvalue weighted by molar-refractivity contribution is -0.117. The Morgan fingerprint density at radius 3 is 2.47 bits per heavy atom. The number of hydrogen-bond acceptors (Lipinski definition) is 5. The van der Waals surface area contributed by atoms with Crippen molar-refractivity contribution < 1.29 is 19.0 Å². The van der Waals surface area contributed by atoms with Crippen molar-refractivity contribution in [3.05, 3.63) is 93.3 Å². The second-order valence-corrected chi connectivity index (χ2v) is 8.73. The van der Waals surface area contributed by atoms with Gasteiger partial charge in [-0.15, -0.1) is 0 Å². The number of fused-ring (bicyclic) bond motifs is 2. The lowest BCUT2D eigenvalue weighted by Gasteiger charge is -2.21. The second kappa shape index (κ2) is 9.30. The molecule has 2 heterocycles. The molecular weight excluding hydrogens is 458 g/mol. The molecule has 0 unspecified atom stereocenters. The molecular formula is C28H27N3O5. The van der Waals surface area contributed by atoms with Gasteiger partial charge in [-0.05, 0) is 67.4 Å². The van der Waals surface area contributed by atoms with E-state index in [1.807, 2.05) is 50.2 Å². The number of amides is 1. The summed E-state index contributed by atoms with van der Waals surface area (Å²) >= 11 is 0. The van der Waals surface area contributed by atoms with Crippen LogP contribution in [-0.4, -0.2) is 29.5 Å². The lowest BCUT2D eigenvalue weighted by Crippen LogP contribution is -2.27. The van der Waals surface area contributed by atoms with E-state index in [1.165, 1.54) is 4.68 Å². The van der Waals surface area contributed by atoms with E-state index in [0.29, 0.717) is 46.5 Å². The van der Waals surface area contributed by atoms with Crippen LogP contribution in [0.4, 0.5) is 5.69 Å². The largest absolute Gasteiger partial charge is 0.497 e. The van der Waals surface area contributed by atoms with Gasteiger partial charge in [0.05, 0.1) is 25.5 Å². The Labute approximate surface area is 208 Å². The van der Waals surface area contributed by atoms with Crippen LogP contribution in [0.15, 0.2) is 65.5 Å². The van der Waals surface area contributed by atoms with E-state index in [4.69, 9.17) is 14.2 Å². The van der Waals surface area contributed by atoms with Gasteiger partial charge in [0.15, 0.2) is 11.5 Å². The molecule has 1 aliphatic heterocycles. The molecule has 0 radical (unpaired) electrons. The Morgan fingerprint density at radius 2 is 1.78 bits per heavy atom. The lowest BCUT2D eigenvalue weighted by atomic mass is 10.0. The third kappa shape index (κ3) is 4.11. The van der Waals surface area contributed by atoms with E-state index in [1.54, 1.807) is 43.2 Å². The van der Waals surface area contributed by atoms with Gasteiger partial charge < -0.3 is 19.5 Å². The third-order valence-electron chi connectivity index (χ3n) is 6.43. The predicted octanol–water partition coefficient (Wildman–Crippen LogP) is 4.61. The van der Waals surface area contributed by atoms with Crippen molar-refractivity contribution in [2.75, 3.05) is 19.5 Å². The standard InChI is InChI=1S/C28H27N3O5/c1-17-8-11-21(14-18(17)2)31-27(33)23-15-19-6-5-7-24(35-4)26(19)36-28(23)30(31)16-25(32)29-20-9-12-22(34-3)13-10-20/h5-14H,15-16H2,1-4H3,(H,29,32). The predicted molar refractivity (Wildman–Crippen MR) is 137 cm³/mol. The minimum absolute atomic E-state index is 0.131. The number of nitrogens with zero attached hydrogens (tertiary/aromatic N) is 2. The number of anilines is 1. The Bertz CT molecular complexity index is 1520. The normalized spacial score (nSPS) is 11.8. The highest BCUT2D eigenvalue weighted by molar-refractivity contribution is 5.90. The van der Waals surface area contributed by atoms with Crippen LogP contribution in [0, 0.1) is 13.8 Å². The Morgan fingerprint density at radius 1 is 1.00 bits per heavy atom. The number of aryl methyl sites for hydroxylation is 2. The molecule has 0 bridgehead atoms. The van der Waals surface area contributed by atoms with E-state index >= 15 is 0 Å². The molecule has 1 aromatic heterocycles. The summed E-state index contributed by atoms with van der Waals surface area (Å²) in [5.41, 5.74) is 4.56. The molecule has 0 saturated heterocycles. The summed E-state index contributed by atoms with van der Waals surface area (Å²) in [5, 5.41) is 2.89. The molecule has 0 atom stereocenters. The van der Waals surface area contributed by atoms with Gasteiger partial charge in [0, 0.05) is 17.7 Å². The molecule has 36 heavy (non-hydrogen) atoms. The first kappa shape index (κ1) is 23.3. The van der Waals surface area contributed by atoms with Crippen LogP contribution < -0.4 is 25.1 Å². The quantitative estimate of drug-likeness (QED) is 0.380. The van der Waals surface area contributed by atoms with Crippen LogP contribution in [0.2, 0.25) is 0 Å². The highest BCUT2D eigenvalue weighted by Gasteiger charge is 2.30. The fourth-order valence-electron chi connectivity index (χ4n) is 4.37. The van der Waals surface area contributed by atoms with Crippen LogP contribution >= 0.6 is 0 Å². The van der Waals surface area contributed by atoms with E-state index < -0.39 is 0 Å². The van der Waals surface area contributed by atoms with Gasteiger partial charge in [-0.25, -0.2) is 9.36 Å². The maximum Gasteiger partial charge on any atom is 0.278 e. The second-order valence-electron chi connectivity index (χ2n) is 8.73. The first-order valence-electron chi connectivity index (χ1n) is 11.6. The number of hydrogen-bond donors (Lipinski definition) is 1. The van der Waals surface area contributed by atoms with Crippen LogP contribution in [0.1, 0.15) is 22.3 Å². The Hall–Kier alpha value is -4.46. The summed E-state index contributed by atoms with van der Waals surface area (Å²) in [6.07, 6.45) is 0.374. The molecule has 0 saturated carbocycles. The number of nitrogens with one attached hydrogen (secondary N) is 1. The highest BCUT2D eigenvalue weighted by atomic mass is 16.5. The molecule has 1 amide bonds. The molecule has 3 aromatic carbocycles. The molecule has 0 spiro atoms. The number of carbonyl (C=O) groups excluding carboxylic acids is 1. The van der Waals surface area contributed by atoms with Gasteiger partial charge in [-0.2, -0.15) is 0 Å². The van der Waals surface area contributed by atoms with Crippen molar-refractivity contribution in [2.24, 2.45) is 0 Å². The molecule has 8 nitrogen and oxygen atoms in total. The summed E-state index contributed by atoms with van der Waals surface area (Å²) in [7, 11) is 3.16. The summed E-state index contributed by atoms with van der Waals surface area (Å²) in [6, 6.07) is 18.4. The number of aromatic nitrogens is 2. The van der Waals surface area contributed by atoms with Crippen LogP contribution in [0.3, 0.4) is 0 Å². The van der Waals surface area contributed by atoms with Gasteiger partial charge in [0.2, 0.25) is 11.8 Å². The van der Waals surface area contributed by atoms with E-state index in [9.17, 15) is 9.59 Å². The van der Waals surface area contributed by atoms with Gasteiger partial charge in [0.1, 0.15) is 12.3 Å². The number of para-hydroxylation sites is 1. The molecule has 5 rings (SSSR count). The van der Waals surface area contributed by atoms with Crippen molar-refractivity contribution in [3.8, 4) is 28.8 Å². The minimum atomic E-state index is -0.301. The van der Waals surface area contributed by atoms with Crippen molar-refractivity contribution in [1.29, 1.82) is 0 Å². The van der Waals surface area contributed by atoms with Crippen LogP contribution in [-0.2, 0) is 17.8 Å². The molecule has 1 N–H and O–H groups in total. The number of rotatable bonds is 6. The summed E-state index contributed by atoms with van der Waals surface area (Å²) in [4.78, 5) is 26.8. The summed E-state index contributed by atoms with van der Waals surface area (Å²) in [5.74, 6) is 1.84. The molecule has 0 aliphatic carbocycles. The van der Waals surface area contributed by atoms with Crippen molar-refractivity contribution in [2.45, 2.75) is 26.8 Å². The topological polar surface area (TPSA) is 83.7 Å². The minimum Gasteiger partial charge on any atom is -0.497 e. The third-order valence-corrected chi connectivity index (χ3v) is 6.43. The molecule has 184 valence electrons. The molecule has 0 fully saturated rings. The average molecular weight is 486 g/mol. The maximum absolute atomic E-state index is 13.7. The zero-order valence-electron chi connectivity index (χ0n) is 20.6. The SMILES string of the molecule is COc1ccc(NC(=O)Cn2c3c(c(=O)n2-c2ccc(C)c(C)c2)Cc2cccc(OC)c2O3)cc1. The summed E-state index contributed by atoms with van der Waals surface area (Å²) < 4.78 is 20.1. The molecule has 1 aliphatic rings. The van der Waals surface area contributed by atoms with Crippen molar-refractivity contribution in [1.82, 2.24) is 9.36 Å². The van der Waals surface area contributed by atoms with Gasteiger partial charge in [0.25, 0.3) is 5.56 Å². The Kier molecular flexibility index (Phi) is 6.01. The van der Waals surface area contributed by atoms with E-state index in [2.05, 4.69) is 5.32 Å². The number of methoxy groups -OCH3 is 2. The number of carbonyl (C=O) groups is 1. The fraction of sp³-hybridized carbons (Fsp3) is 0.214. The van der Waals surface area contributed by atoms with Gasteiger partial charge >= 0.3 is 0 Å². The smallest absolute Gasteiger partial charge is 0.278 e. The number of benzene rings is 3. The zero-order valence-corrected chi connectivity index (χ0v) is 20.6. The van der Waals surface area contributed by atoms with Crippen LogP contribution in [0.5, 0.6) is 23.1 Å². The van der Waals surface area contributed by atoms with Gasteiger partial charge in [-0.1, -0.05) is 18.2 Å². The van der Waals surface area contributed by atoms with Crippen molar-refractivity contribution >= 4 is 11.6 Å². The van der Waals surface area contributed by atoms with Crippen molar-refractivity contribution in [3.63, 3.8) is 0 Å². The van der Waals surface area contributed by atoms with Gasteiger partial charge in [-0.3, -0.25) is 9.59 Å². The fourth-order valence-corrected chi connectivity index (χ4v) is 4.37. The van der Waals surface area contributed by atoms with Crippen LogP contribution in [0.25, 0.3) is 5.69 Å². The maximum atomic E-state index is 13.7. The molecule has 4 aromatic rings. The first-order chi connectivity index (χ1) is 17.4. The Balaban J connectivity index is 1.58. The van der Waals surface area contributed by atoms with E-state index in [-0.39, 0.29) is 18.0 Å². The zero-order chi connectivity index (χ0) is 25.4. The summed E-state index contributed by atoms with van der Waals surface area (Å²) in [6.45, 7) is 3.87. The average Bonchev–Trinajstić information content (AvgIpc) is 3.14. The first-order valence-corrected chi connectivity index (χ1v) is 11.6. The number of ether oxygens (including phenoxy) is 3.